The number of nitrogens with two attached hydrogens (primary N) is 1. The molecule has 0 amide bonds. The van der Waals surface area contributed by atoms with Crippen LogP contribution in [0, 0.1) is 5.82 Å². The van der Waals surface area contributed by atoms with Gasteiger partial charge in [0.05, 0.1) is 25.7 Å². The molecule has 1 fully saturated rings. The minimum atomic E-state index is -0.0669. The monoisotopic (exact) mass is 252 g/mol. The second-order valence-electron chi connectivity index (χ2n) is 5.37. The summed E-state index contributed by atoms with van der Waals surface area (Å²) >= 11 is 0. The molecule has 2 rings (SSSR count). The molecule has 0 aliphatic carbocycles. The summed E-state index contributed by atoms with van der Waals surface area (Å²) in [5.41, 5.74) is 0.834. The van der Waals surface area contributed by atoms with Crippen molar-refractivity contribution in [2.45, 2.75) is 38.8 Å². The first-order valence-electron chi connectivity index (χ1n) is 7.20. The molecule has 0 saturated carbocycles. The van der Waals surface area contributed by atoms with Crippen LogP contribution in [0.3, 0.4) is 0 Å². The van der Waals surface area contributed by atoms with E-state index in [9.17, 15) is 4.39 Å². The summed E-state index contributed by atoms with van der Waals surface area (Å²) in [5.74, 6) is -0.0669. The molecule has 0 aromatic heterocycles. The summed E-state index contributed by atoms with van der Waals surface area (Å²) in [6.07, 6.45) is 3.81. The number of nitrogens with one attached hydrogen (secondary N) is 1. The standard InChI is InChI=1S/C15H23FN2/c1-2-9-18-10-7-14(8-11-18)17-12-13-5-3-4-6-15(13)16/h3-6,14,17H,2,7-12H2,1H3/p+2. The zero-order valence-corrected chi connectivity index (χ0v) is 11.3. The lowest BCUT2D eigenvalue weighted by Crippen LogP contribution is -3.14. The van der Waals surface area contributed by atoms with Gasteiger partial charge in [0.15, 0.2) is 0 Å². The van der Waals surface area contributed by atoms with Crippen LogP contribution >= 0.6 is 0 Å². The number of benzene rings is 1. The molecule has 0 atom stereocenters. The van der Waals surface area contributed by atoms with Gasteiger partial charge in [0.2, 0.25) is 0 Å². The third-order valence-electron chi connectivity index (χ3n) is 3.97. The van der Waals surface area contributed by atoms with E-state index in [1.807, 2.05) is 12.1 Å². The highest BCUT2D eigenvalue weighted by atomic mass is 19.1. The van der Waals surface area contributed by atoms with Crippen LogP contribution in [0.1, 0.15) is 31.7 Å². The molecule has 0 radical (unpaired) electrons. The van der Waals surface area contributed by atoms with Gasteiger partial charge in [0.25, 0.3) is 0 Å². The number of quaternary nitrogens is 2. The van der Waals surface area contributed by atoms with Crippen molar-refractivity contribution in [1.29, 1.82) is 0 Å². The lowest BCUT2D eigenvalue weighted by atomic mass is 10.0. The average Bonchev–Trinajstić information content (AvgIpc) is 2.40. The highest BCUT2D eigenvalue weighted by Gasteiger charge is 2.23. The molecule has 0 unspecified atom stereocenters. The zero-order valence-electron chi connectivity index (χ0n) is 11.3. The van der Waals surface area contributed by atoms with Gasteiger partial charge in [-0.2, -0.15) is 0 Å². The van der Waals surface area contributed by atoms with E-state index in [4.69, 9.17) is 0 Å². The molecule has 3 heteroatoms. The molecule has 1 heterocycles. The van der Waals surface area contributed by atoms with Crippen molar-refractivity contribution < 1.29 is 14.6 Å². The van der Waals surface area contributed by atoms with Crippen LogP contribution in [-0.4, -0.2) is 25.7 Å². The SMILES string of the molecule is CCC[NH+]1CCC([NH2+]Cc2ccccc2F)CC1. The van der Waals surface area contributed by atoms with Gasteiger partial charge in [-0.15, -0.1) is 0 Å². The number of hydrogen-bond acceptors (Lipinski definition) is 0. The average molecular weight is 252 g/mol. The minimum Gasteiger partial charge on any atom is -0.340 e. The predicted molar refractivity (Wildman–Crippen MR) is 70.9 cm³/mol. The van der Waals surface area contributed by atoms with Crippen LogP contribution in [0.2, 0.25) is 0 Å². The van der Waals surface area contributed by atoms with Gasteiger partial charge in [-0.1, -0.05) is 25.1 Å². The highest BCUT2D eigenvalue weighted by Crippen LogP contribution is 2.04. The Bertz CT molecular complexity index is 359. The van der Waals surface area contributed by atoms with Gasteiger partial charge in [-0.3, -0.25) is 0 Å². The Morgan fingerprint density at radius 3 is 2.67 bits per heavy atom. The molecule has 1 saturated heterocycles. The first-order valence-corrected chi connectivity index (χ1v) is 7.20. The zero-order chi connectivity index (χ0) is 12.8. The normalized spacial score (nSPS) is 24.1. The van der Waals surface area contributed by atoms with E-state index in [0.717, 1.165) is 12.1 Å². The van der Waals surface area contributed by atoms with Crippen molar-refractivity contribution in [3.05, 3.63) is 35.6 Å². The van der Waals surface area contributed by atoms with E-state index in [-0.39, 0.29) is 5.82 Å². The summed E-state index contributed by atoms with van der Waals surface area (Å²) in [5, 5.41) is 2.32. The van der Waals surface area contributed by atoms with E-state index in [1.54, 1.807) is 17.0 Å². The summed E-state index contributed by atoms with van der Waals surface area (Å²) < 4.78 is 13.5. The first kappa shape index (κ1) is 13.5. The van der Waals surface area contributed by atoms with Crippen LogP contribution in [0.4, 0.5) is 4.39 Å². The van der Waals surface area contributed by atoms with Gasteiger partial charge in [-0.05, 0) is 12.5 Å². The maximum atomic E-state index is 13.5. The topological polar surface area (TPSA) is 21.1 Å². The number of hydrogen-bond donors (Lipinski definition) is 2. The fourth-order valence-electron chi connectivity index (χ4n) is 2.85. The lowest BCUT2D eigenvalue weighted by molar-refractivity contribution is -0.913. The van der Waals surface area contributed by atoms with Crippen molar-refractivity contribution >= 4 is 0 Å². The molecule has 1 aliphatic rings. The largest absolute Gasteiger partial charge is 0.340 e. The number of rotatable bonds is 5. The number of likely N-dealkylation sites (tertiary alicyclic amines) is 1. The summed E-state index contributed by atoms with van der Waals surface area (Å²) in [4.78, 5) is 1.74. The fourth-order valence-corrected chi connectivity index (χ4v) is 2.85. The predicted octanol–water partition coefficient (Wildman–Crippen LogP) is 0.346. The second-order valence-corrected chi connectivity index (χ2v) is 5.37. The van der Waals surface area contributed by atoms with Crippen LogP contribution in [0.25, 0.3) is 0 Å². The van der Waals surface area contributed by atoms with Crippen LogP contribution in [-0.2, 0) is 6.54 Å². The Labute approximate surface area is 109 Å². The maximum absolute atomic E-state index is 13.5. The molecular formula is C15H25FN2+2. The van der Waals surface area contributed by atoms with E-state index in [0.29, 0.717) is 6.04 Å². The summed E-state index contributed by atoms with van der Waals surface area (Å²) in [6.45, 7) is 6.91. The van der Waals surface area contributed by atoms with Crippen LogP contribution < -0.4 is 10.2 Å². The van der Waals surface area contributed by atoms with E-state index < -0.39 is 0 Å². The minimum absolute atomic E-state index is 0.0669. The van der Waals surface area contributed by atoms with Crippen molar-refractivity contribution in [2.24, 2.45) is 0 Å². The van der Waals surface area contributed by atoms with Gasteiger partial charge in [-0.25, -0.2) is 4.39 Å². The molecule has 0 spiro atoms. The quantitative estimate of drug-likeness (QED) is 0.754. The van der Waals surface area contributed by atoms with Crippen molar-refractivity contribution in [3.63, 3.8) is 0 Å². The molecule has 1 aromatic carbocycles. The van der Waals surface area contributed by atoms with Crippen molar-refractivity contribution in [1.82, 2.24) is 0 Å². The van der Waals surface area contributed by atoms with Gasteiger partial charge in [0.1, 0.15) is 12.4 Å². The Hall–Kier alpha value is -0.930. The van der Waals surface area contributed by atoms with Gasteiger partial charge >= 0.3 is 0 Å². The molecule has 0 bridgehead atoms. The third-order valence-corrected chi connectivity index (χ3v) is 3.97. The van der Waals surface area contributed by atoms with Crippen LogP contribution in [0.15, 0.2) is 24.3 Å². The van der Waals surface area contributed by atoms with E-state index in [1.165, 1.54) is 38.9 Å². The Morgan fingerprint density at radius 2 is 2.00 bits per heavy atom. The Kier molecular flexibility index (Phi) is 5.14. The summed E-state index contributed by atoms with van der Waals surface area (Å²) in [6, 6.07) is 7.80. The first-order chi connectivity index (χ1) is 8.79. The fraction of sp³-hybridized carbons (Fsp3) is 0.600. The number of piperidine rings is 1. The molecule has 3 N–H and O–H groups in total. The lowest BCUT2D eigenvalue weighted by Gasteiger charge is -2.27. The van der Waals surface area contributed by atoms with E-state index in [2.05, 4.69) is 12.2 Å². The van der Waals surface area contributed by atoms with Gasteiger partial charge < -0.3 is 10.2 Å². The van der Waals surface area contributed by atoms with Gasteiger partial charge in [0, 0.05) is 18.4 Å². The van der Waals surface area contributed by atoms with Crippen molar-refractivity contribution in [3.8, 4) is 0 Å². The number of halogens is 1. The second kappa shape index (κ2) is 6.86. The molecular weight excluding hydrogens is 227 g/mol. The Balaban J connectivity index is 1.74. The molecule has 1 aromatic rings. The molecule has 1 aliphatic heterocycles. The molecule has 18 heavy (non-hydrogen) atoms. The van der Waals surface area contributed by atoms with Crippen molar-refractivity contribution in [2.75, 3.05) is 19.6 Å². The smallest absolute Gasteiger partial charge is 0.132 e. The highest BCUT2D eigenvalue weighted by molar-refractivity contribution is 5.15. The molecule has 100 valence electrons. The molecule has 2 nitrogen and oxygen atoms in total. The van der Waals surface area contributed by atoms with Crippen LogP contribution in [0.5, 0.6) is 0 Å². The van der Waals surface area contributed by atoms with E-state index >= 15 is 0 Å². The Morgan fingerprint density at radius 1 is 1.28 bits per heavy atom. The maximum Gasteiger partial charge on any atom is 0.132 e. The third kappa shape index (κ3) is 3.79. The summed E-state index contributed by atoms with van der Waals surface area (Å²) in [7, 11) is 0.